The topological polar surface area (TPSA) is 74.8 Å². The third kappa shape index (κ3) is 2.56. The minimum Gasteiger partial charge on any atom is -0.269 e. The van der Waals surface area contributed by atoms with E-state index in [0.717, 1.165) is 15.4 Å². The quantitative estimate of drug-likeness (QED) is 0.780. The van der Waals surface area contributed by atoms with E-state index >= 15 is 0 Å². The molecule has 0 unspecified atom stereocenters. The fourth-order valence-corrected chi connectivity index (χ4v) is 2.90. The van der Waals surface area contributed by atoms with Crippen molar-refractivity contribution < 1.29 is 19.2 Å². The molecule has 24 heavy (non-hydrogen) atoms. The van der Waals surface area contributed by atoms with Crippen LogP contribution in [0.4, 0.5) is 0 Å². The second-order valence-corrected chi connectivity index (χ2v) is 5.85. The number of hydrogen-bond acceptors (Lipinski definition) is 4. The van der Waals surface area contributed by atoms with Gasteiger partial charge in [0.1, 0.15) is 6.17 Å². The molecule has 1 aromatic carbocycles. The van der Waals surface area contributed by atoms with Gasteiger partial charge in [0.05, 0.1) is 0 Å². The highest BCUT2D eigenvalue weighted by molar-refractivity contribution is 6.19. The van der Waals surface area contributed by atoms with Gasteiger partial charge >= 0.3 is 0 Å². The minimum absolute atomic E-state index is 0.192. The lowest BCUT2D eigenvalue weighted by Crippen LogP contribution is -2.55. The molecule has 6 nitrogen and oxygen atoms in total. The fourth-order valence-electron chi connectivity index (χ4n) is 2.90. The average Bonchev–Trinajstić information content (AvgIpc) is 2.94. The highest BCUT2D eigenvalue weighted by Gasteiger charge is 2.43. The van der Waals surface area contributed by atoms with E-state index in [4.69, 9.17) is 0 Å². The van der Waals surface area contributed by atoms with Crippen LogP contribution in [0.1, 0.15) is 19.4 Å². The van der Waals surface area contributed by atoms with Gasteiger partial charge in [-0.15, -0.1) is 0 Å². The van der Waals surface area contributed by atoms with E-state index in [9.17, 15) is 19.2 Å². The molecule has 0 N–H and O–H groups in total. The summed E-state index contributed by atoms with van der Waals surface area (Å²) in [6.07, 6.45) is 1.67. The maximum absolute atomic E-state index is 12.4. The van der Waals surface area contributed by atoms with Crippen molar-refractivity contribution in [3.05, 3.63) is 59.2 Å². The van der Waals surface area contributed by atoms with Gasteiger partial charge in [0, 0.05) is 29.7 Å². The largest absolute Gasteiger partial charge is 0.269 e. The molecule has 0 saturated carbocycles. The van der Waals surface area contributed by atoms with Gasteiger partial charge in [0.2, 0.25) is 0 Å². The van der Waals surface area contributed by atoms with E-state index in [1.54, 1.807) is 0 Å². The summed E-state index contributed by atoms with van der Waals surface area (Å²) in [5.41, 5.74) is 1.40. The Morgan fingerprint density at radius 3 is 1.62 bits per heavy atom. The summed E-state index contributed by atoms with van der Waals surface area (Å²) in [6.45, 7) is 3.08. The summed E-state index contributed by atoms with van der Waals surface area (Å²) in [5, 5.41) is 0. The van der Waals surface area contributed by atoms with Gasteiger partial charge in [0.25, 0.3) is 23.6 Å². The van der Waals surface area contributed by atoms with E-state index in [-0.39, 0.29) is 6.42 Å². The molecule has 0 atom stereocenters. The lowest BCUT2D eigenvalue weighted by atomic mass is 10.1. The third-order valence-electron chi connectivity index (χ3n) is 4.12. The Kier molecular flexibility index (Phi) is 3.89. The van der Waals surface area contributed by atoms with Gasteiger partial charge in [-0.2, -0.15) is 0 Å². The highest BCUT2D eigenvalue weighted by atomic mass is 16.2. The molecule has 0 aliphatic carbocycles. The molecule has 0 aromatic heterocycles. The Hall–Kier alpha value is -3.02. The molecule has 122 valence electrons. The Balaban J connectivity index is 1.99. The van der Waals surface area contributed by atoms with Gasteiger partial charge in [0.15, 0.2) is 0 Å². The first-order valence-electron chi connectivity index (χ1n) is 7.55. The van der Waals surface area contributed by atoms with Crippen LogP contribution in [-0.2, 0) is 25.6 Å². The third-order valence-corrected chi connectivity index (χ3v) is 4.12. The summed E-state index contributed by atoms with van der Waals surface area (Å²) < 4.78 is 0. The van der Waals surface area contributed by atoms with Crippen LogP contribution in [0.5, 0.6) is 0 Å². The van der Waals surface area contributed by atoms with Gasteiger partial charge < -0.3 is 0 Å². The normalized spacial score (nSPS) is 18.0. The predicted octanol–water partition coefficient (Wildman–Crippen LogP) is 1.19. The summed E-state index contributed by atoms with van der Waals surface area (Å²) in [7, 11) is 0. The fraction of sp³-hybridized carbons (Fsp3) is 0.222. The molecule has 0 fully saturated rings. The lowest BCUT2D eigenvalue weighted by molar-refractivity contribution is -0.152. The predicted molar refractivity (Wildman–Crippen MR) is 85.2 cm³/mol. The van der Waals surface area contributed by atoms with E-state index in [1.165, 1.54) is 26.0 Å². The molecule has 2 heterocycles. The summed E-state index contributed by atoms with van der Waals surface area (Å²) in [5.74, 6) is -1.98. The zero-order chi connectivity index (χ0) is 17.4. The van der Waals surface area contributed by atoms with Crippen molar-refractivity contribution in [2.24, 2.45) is 0 Å². The molecule has 0 spiro atoms. The highest BCUT2D eigenvalue weighted by Crippen LogP contribution is 2.25. The first-order valence-corrected chi connectivity index (χ1v) is 7.55. The van der Waals surface area contributed by atoms with Crippen LogP contribution in [0.2, 0.25) is 0 Å². The molecule has 4 amide bonds. The van der Waals surface area contributed by atoms with Gasteiger partial charge in [-0.25, -0.2) is 0 Å². The van der Waals surface area contributed by atoms with E-state index in [2.05, 4.69) is 0 Å². The first-order chi connectivity index (χ1) is 11.4. The number of benzene rings is 1. The smallest absolute Gasteiger partial charge is 0.258 e. The molecule has 2 aliphatic heterocycles. The molecule has 2 aliphatic rings. The maximum atomic E-state index is 12.4. The monoisotopic (exact) mass is 324 g/mol. The number of carbonyl (C=O) groups is 4. The zero-order valence-corrected chi connectivity index (χ0v) is 13.4. The molecule has 0 saturated heterocycles. The molecule has 6 heteroatoms. The van der Waals surface area contributed by atoms with Crippen molar-refractivity contribution in [1.82, 2.24) is 9.80 Å². The molecule has 3 rings (SSSR count). The number of rotatable bonds is 4. The Bertz CT molecular complexity index is 760. The van der Waals surface area contributed by atoms with Crippen LogP contribution in [0.3, 0.4) is 0 Å². The van der Waals surface area contributed by atoms with Gasteiger partial charge in [-0.3, -0.25) is 29.0 Å². The van der Waals surface area contributed by atoms with Crippen LogP contribution in [0, 0.1) is 0 Å². The van der Waals surface area contributed by atoms with Gasteiger partial charge in [-0.1, -0.05) is 30.3 Å². The summed E-state index contributed by atoms with van der Waals surface area (Å²) >= 11 is 0. The SMILES string of the molecule is CC1=CC(=O)N(C(Cc2ccccc2)N2C(=O)C=C(C)C2=O)C1=O. The van der Waals surface area contributed by atoms with E-state index in [1.807, 2.05) is 30.3 Å². The van der Waals surface area contributed by atoms with Crippen molar-refractivity contribution in [1.29, 1.82) is 0 Å². The number of imide groups is 2. The zero-order valence-electron chi connectivity index (χ0n) is 13.4. The average molecular weight is 324 g/mol. The Morgan fingerprint density at radius 1 is 0.792 bits per heavy atom. The van der Waals surface area contributed by atoms with Crippen molar-refractivity contribution in [3.8, 4) is 0 Å². The maximum Gasteiger partial charge on any atom is 0.258 e. The Labute approximate surface area is 139 Å². The first kappa shape index (κ1) is 15.9. The Morgan fingerprint density at radius 2 is 1.25 bits per heavy atom. The van der Waals surface area contributed by atoms with Crippen molar-refractivity contribution in [2.45, 2.75) is 26.4 Å². The van der Waals surface area contributed by atoms with E-state index in [0.29, 0.717) is 11.1 Å². The van der Waals surface area contributed by atoms with E-state index < -0.39 is 29.8 Å². The molecule has 0 bridgehead atoms. The number of hydrogen-bond donors (Lipinski definition) is 0. The van der Waals surface area contributed by atoms with Gasteiger partial charge in [-0.05, 0) is 19.4 Å². The summed E-state index contributed by atoms with van der Waals surface area (Å²) in [4.78, 5) is 51.2. The van der Waals surface area contributed by atoms with Crippen LogP contribution in [0.25, 0.3) is 0 Å². The van der Waals surface area contributed by atoms with Crippen LogP contribution >= 0.6 is 0 Å². The minimum atomic E-state index is -0.977. The molecular formula is C18H16N2O4. The number of nitrogens with zero attached hydrogens (tertiary/aromatic N) is 2. The number of amides is 4. The van der Waals surface area contributed by atoms with Crippen LogP contribution < -0.4 is 0 Å². The van der Waals surface area contributed by atoms with Crippen molar-refractivity contribution >= 4 is 23.6 Å². The van der Waals surface area contributed by atoms with Crippen LogP contribution in [0.15, 0.2) is 53.6 Å². The lowest BCUT2D eigenvalue weighted by Gasteiger charge is -2.33. The second-order valence-electron chi connectivity index (χ2n) is 5.85. The van der Waals surface area contributed by atoms with Crippen molar-refractivity contribution in [3.63, 3.8) is 0 Å². The standard InChI is InChI=1S/C18H16N2O4/c1-11-8-15(21)19(17(11)23)14(10-13-6-4-3-5-7-13)20-16(22)9-12(2)18(20)24/h3-9,14H,10H2,1-2H3. The number of carbonyl (C=O) groups excluding carboxylic acids is 4. The summed E-state index contributed by atoms with van der Waals surface area (Å²) in [6, 6.07) is 9.13. The van der Waals surface area contributed by atoms with Crippen LogP contribution in [-0.4, -0.2) is 39.6 Å². The second kappa shape index (κ2) is 5.88. The molecular weight excluding hydrogens is 308 g/mol. The molecule has 0 radical (unpaired) electrons. The molecule has 1 aromatic rings. The van der Waals surface area contributed by atoms with Crippen molar-refractivity contribution in [2.75, 3.05) is 0 Å².